The Balaban J connectivity index is 1.79. The van der Waals surface area contributed by atoms with Gasteiger partial charge >= 0.3 is 0 Å². The van der Waals surface area contributed by atoms with E-state index in [-0.39, 0.29) is 5.56 Å². The Labute approximate surface area is 113 Å². The van der Waals surface area contributed by atoms with E-state index in [2.05, 4.69) is 0 Å². The van der Waals surface area contributed by atoms with Gasteiger partial charge in [-0.05, 0) is 56.1 Å². The minimum Gasteiger partial charge on any atom is -0.328 e. The summed E-state index contributed by atoms with van der Waals surface area (Å²) in [5.41, 5.74) is 7.19. The normalized spacial score (nSPS) is 28.4. The molecule has 0 spiro atoms. The van der Waals surface area contributed by atoms with E-state index in [0.717, 1.165) is 31.2 Å². The predicted octanol–water partition coefficient (Wildman–Crippen LogP) is 4.17. The maximum absolute atomic E-state index is 14.1. The van der Waals surface area contributed by atoms with Crippen LogP contribution in [0.25, 0.3) is 0 Å². The third-order valence-electron chi connectivity index (χ3n) is 4.60. The molecule has 104 valence electrons. The Bertz CT molecular complexity index is 446. The summed E-state index contributed by atoms with van der Waals surface area (Å²) in [4.78, 5) is 0. The number of hydrogen-bond acceptors (Lipinski definition) is 1. The van der Waals surface area contributed by atoms with Crippen molar-refractivity contribution in [1.82, 2.24) is 0 Å². The summed E-state index contributed by atoms with van der Waals surface area (Å²) in [5.74, 6) is -2.65. The fourth-order valence-electron chi connectivity index (χ4n) is 3.13. The summed E-state index contributed by atoms with van der Waals surface area (Å²) in [6.07, 6.45) is 5.39. The summed E-state index contributed by atoms with van der Waals surface area (Å²) in [6, 6.07) is 7.40. The molecule has 0 amide bonds. The third kappa shape index (κ3) is 2.66. The molecule has 0 radical (unpaired) electrons. The van der Waals surface area contributed by atoms with Crippen molar-refractivity contribution >= 4 is 0 Å². The lowest BCUT2D eigenvalue weighted by Crippen LogP contribution is -2.26. The second-order valence-corrected chi connectivity index (χ2v) is 6.13. The number of hydrogen-bond donors (Lipinski definition) is 1. The van der Waals surface area contributed by atoms with Crippen LogP contribution in [0.4, 0.5) is 8.78 Å². The van der Waals surface area contributed by atoms with E-state index in [9.17, 15) is 8.78 Å². The smallest absolute Gasteiger partial charge is 0.276 e. The van der Waals surface area contributed by atoms with Crippen LogP contribution in [-0.2, 0) is 5.92 Å². The highest BCUT2D eigenvalue weighted by molar-refractivity contribution is 5.30. The first-order valence-corrected chi connectivity index (χ1v) is 7.31. The lowest BCUT2D eigenvalue weighted by molar-refractivity contribution is -0.0286. The molecule has 3 rings (SSSR count). The van der Waals surface area contributed by atoms with Crippen LogP contribution < -0.4 is 5.73 Å². The summed E-state index contributed by atoms with van der Waals surface area (Å²) >= 11 is 0. The molecule has 0 bridgehead atoms. The second kappa shape index (κ2) is 4.86. The minimum atomic E-state index is -2.64. The molecule has 0 aliphatic heterocycles. The molecular formula is C16H21F2N. The van der Waals surface area contributed by atoms with Gasteiger partial charge in [-0.1, -0.05) is 18.2 Å². The highest BCUT2D eigenvalue weighted by atomic mass is 19.3. The molecule has 2 aliphatic rings. The Morgan fingerprint density at radius 1 is 1.00 bits per heavy atom. The van der Waals surface area contributed by atoms with Gasteiger partial charge in [0.25, 0.3) is 5.92 Å². The van der Waals surface area contributed by atoms with E-state index in [1.807, 2.05) is 6.07 Å². The SMILES string of the molecule is NC1CCC(c2cccc(C(F)(F)C3CC3)c2)CC1. The molecule has 1 nitrogen and oxygen atoms in total. The zero-order valence-electron chi connectivity index (χ0n) is 11.1. The second-order valence-electron chi connectivity index (χ2n) is 6.13. The van der Waals surface area contributed by atoms with Crippen molar-refractivity contribution in [3.63, 3.8) is 0 Å². The van der Waals surface area contributed by atoms with Gasteiger partial charge in [0.05, 0.1) is 0 Å². The third-order valence-corrected chi connectivity index (χ3v) is 4.60. The molecular weight excluding hydrogens is 244 g/mol. The Morgan fingerprint density at radius 3 is 2.32 bits per heavy atom. The van der Waals surface area contributed by atoms with Gasteiger partial charge in [0.1, 0.15) is 0 Å². The van der Waals surface area contributed by atoms with E-state index >= 15 is 0 Å². The molecule has 1 aromatic rings. The van der Waals surface area contributed by atoms with Crippen LogP contribution in [0.3, 0.4) is 0 Å². The molecule has 2 aliphatic carbocycles. The van der Waals surface area contributed by atoms with Crippen molar-refractivity contribution in [3.8, 4) is 0 Å². The van der Waals surface area contributed by atoms with Gasteiger partial charge in [-0.15, -0.1) is 0 Å². The first-order chi connectivity index (χ1) is 9.07. The van der Waals surface area contributed by atoms with Gasteiger partial charge in [-0.3, -0.25) is 0 Å². The van der Waals surface area contributed by atoms with Crippen LogP contribution >= 0.6 is 0 Å². The quantitative estimate of drug-likeness (QED) is 0.872. The minimum absolute atomic E-state index is 0.211. The summed E-state index contributed by atoms with van der Waals surface area (Å²) in [6.45, 7) is 0. The lowest BCUT2D eigenvalue weighted by atomic mass is 9.81. The number of halogens is 2. The van der Waals surface area contributed by atoms with Gasteiger partial charge < -0.3 is 5.73 Å². The van der Waals surface area contributed by atoms with E-state index in [4.69, 9.17) is 5.73 Å². The molecule has 0 aromatic heterocycles. The first-order valence-electron chi connectivity index (χ1n) is 7.31. The zero-order valence-corrected chi connectivity index (χ0v) is 11.1. The summed E-state index contributed by atoms with van der Waals surface area (Å²) in [7, 11) is 0. The highest BCUT2D eigenvalue weighted by Gasteiger charge is 2.48. The van der Waals surface area contributed by atoms with Gasteiger partial charge in [0.2, 0.25) is 0 Å². The van der Waals surface area contributed by atoms with Crippen molar-refractivity contribution < 1.29 is 8.78 Å². The average molecular weight is 265 g/mol. The Hall–Kier alpha value is -0.960. The number of benzene rings is 1. The van der Waals surface area contributed by atoms with E-state index in [0.29, 0.717) is 24.8 Å². The van der Waals surface area contributed by atoms with Crippen LogP contribution in [0.1, 0.15) is 55.6 Å². The molecule has 0 unspecified atom stereocenters. The Morgan fingerprint density at radius 2 is 1.68 bits per heavy atom. The average Bonchev–Trinajstić information content (AvgIpc) is 3.24. The standard InChI is InChI=1S/C16H21F2N/c17-16(18,13-6-7-13)14-3-1-2-12(10-14)11-4-8-15(19)9-5-11/h1-3,10-11,13,15H,4-9,19H2. The van der Waals surface area contributed by atoms with Crippen molar-refractivity contribution in [2.45, 2.75) is 56.4 Å². The van der Waals surface area contributed by atoms with Gasteiger partial charge in [0.15, 0.2) is 0 Å². The van der Waals surface area contributed by atoms with Crippen molar-refractivity contribution in [2.75, 3.05) is 0 Å². The highest BCUT2D eigenvalue weighted by Crippen LogP contribution is 2.50. The fourth-order valence-corrected chi connectivity index (χ4v) is 3.13. The molecule has 19 heavy (non-hydrogen) atoms. The first kappa shape index (κ1) is 13.0. The van der Waals surface area contributed by atoms with Gasteiger partial charge in [0, 0.05) is 17.5 Å². The molecule has 3 heteroatoms. The van der Waals surface area contributed by atoms with Crippen LogP contribution in [0, 0.1) is 5.92 Å². The largest absolute Gasteiger partial charge is 0.328 e. The maximum atomic E-state index is 14.1. The van der Waals surface area contributed by atoms with E-state index < -0.39 is 11.8 Å². The van der Waals surface area contributed by atoms with Crippen molar-refractivity contribution in [2.24, 2.45) is 11.7 Å². The molecule has 2 N–H and O–H groups in total. The van der Waals surface area contributed by atoms with Crippen molar-refractivity contribution in [1.29, 1.82) is 0 Å². The van der Waals surface area contributed by atoms with Gasteiger partial charge in [-0.25, -0.2) is 8.78 Å². The van der Waals surface area contributed by atoms with Crippen LogP contribution in [0.5, 0.6) is 0 Å². The molecule has 0 heterocycles. The van der Waals surface area contributed by atoms with Crippen molar-refractivity contribution in [3.05, 3.63) is 35.4 Å². The Kier molecular flexibility index (Phi) is 3.34. The number of rotatable bonds is 3. The molecule has 1 aromatic carbocycles. The maximum Gasteiger partial charge on any atom is 0.276 e. The van der Waals surface area contributed by atoms with Crippen LogP contribution in [-0.4, -0.2) is 6.04 Å². The monoisotopic (exact) mass is 265 g/mol. The number of alkyl halides is 2. The molecule has 0 saturated heterocycles. The zero-order chi connectivity index (χ0) is 13.5. The molecule has 2 fully saturated rings. The van der Waals surface area contributed by atoms with Gasteiger partial charge in [-0.2, -0.15) is 0 Å². The summed E-state index contributed by atoms with van der Waals surface area (Å²) < 4.78 is 28.3. The molecule has 2 saturated carbocycles. The van der Waals surface area contributed by atoms with E-state index in [1.54, 1.807) is 18.2 Å². The van der Waals surface area contributed by atoms with E-state index in [1.165, 1.54) is 0 Å². The lowest BCUT2D eigenvalue weighted by Gasteiger charge is -2.27. The fraction of sp³-hybridized carbons (Fsp3) is 0.625. The summed E-state index contributed by atoms with van der Waals surface area (Å²) in [5, 5.41) is 0. The van der Waals surface area contributed by atoms with Crippen LogP contribution in [0.2, 0.25) is 0 Å². The van der Waals surface area contributed by atoms with Crippen LogP contribution in [0.15, 0.2) is 24.3 Å². The number of nitrogens with two attached hydrogens (primary N) is 1. The molecule has 0 atom stereocenters. The topological polar surface area (TPSA) is 26.0 Å². The predicted molar refractivity (Wildman–Crippen MR) is 72.2 cm³/mol.